The van der Waals surface area contributed by atoms with Crippen molar-refractivity contribution in [3.63, 3.8) is 0 Å². The minimum Gasteiger partial charge on any atom is -0.489 e. The third-order valence-corrected chi connectivity index (χ3v) is 5.06. The summed E-state index contributed by atoms with van der Waals surface area (Å²) in [5.74, 6) is 0.845. The first-order valence-corrected chi connectivity index (χ1v) is 9.50. The molecule has 152 valence electrons. The average molecular weight is 491 g/mol. The van der Waals surface area contributed by atoms with E-state index in [1.54, 1.807) is 18.2 Å². The van der Waals surface area contributed by atoms with Crippen molar-refractivity contribution >= 4 is 29.9 Å². The van der Waals surface area contributed by atoms with Crippen LogP contribution in [0.25, 0.3) is 0 Å². The Morgan fingerprint density at radius 2 is 2.04 bits per heavy atom. The van der Waals surface area contributed by atoms with Crippen LogP contribution in [0.2, 0.25) is 0 Å². The van der Waals surface area contributed by atoms with E-state index in [0.717, 1.165) is 38.7 Å². The Hall–Kier alpha value is -1.13. The molecule has 0 spiro atoms. The second-order valence-corrected chi connectivity index (χ2v) is 6.89. The van der Waals surface area contributed by atoms with Crippen LogP contribution in [0, 0.1) is 5.82 Å². The fourth-order valence-corrected chi connectivity index (χ4v) is 3.52. The van der Waals surface area contributed by atoms with Crippen molar-refractivity contribution in [1.82, 2.24) is 20.0 Å². The van der Waals surface area contributed by atoms with Crippen molar-refractivity contribution in [2.75, 3.05) is 66.0 Å². The summed E-state index contributed by atoms with van der Waals surface area (Å²) in [7, 11) is 1.99. The van der Waals surface area contributed by atoms with Gasteiger partial charge in [-0.3, -0.25) is 14.8 Å². The highest BCUT2D eigenvalue weighted by atomic mass is 127. The number of nitrogens with zero attached hydrogens (tertiary/aromatic N) is 4. The average Bonchev–Trinajstić information content (AvgIpc) is 2.67. The Bertz CT molecular complexity index is 610. The normalized spacial score (nSPS) is 24.3. The number of rotatable bonds is 7. The fraction of sp³-hybridized carbons (Fsp3) is 0.632. The zero-order valence-corrected chi connectivity index (χ0v) is 18.6. The van der Waals surface area contributed by atoms with Gasteiger partial charge in [0.15, 0.2) is 17.5 Å². The molecule has 1 unspecified atom stereocenters. The summed E-state index contributed by atoms with van der Waals surface area (Å²) in [6.45, 7) is 10.5. The number of fused-ring (bicyclic) bond motifs is 3. The van der Waals surface area contributed by atoms with Crippen molar-refractivity contribution in [2.24, 2.45) is 4.99 Å². The van der Waals surface area contributed by atoms with Crippen LogP contribution in [0.1, 0.15) is 6.92 Å². The van der Waals surface area contributed by atoms with Crippen molar-refractivity contribution in [3.05, 3.63) is 30.1 Å². The van der Waals surface area contributed by atoms with E-state index in [1.165, 1.54) is 19.2 Å². The summed E-state index contributed by atoms with van der Waals surface area (Å²) in [6.07, 6.45) is 0. The number of likely N-dealkylation sites (N-methyl/N-ethyl adjacent to an activating group) is 1. The Kier molecular flexibility index (Phi) is 9.04. The van der Waals surface area contributed by atoms with Crippen LogP contribution in [0.4, 0.5) is 4.39 Å². The molecule has 1 aromatic rings. The Morgan fingerprint density at radius 3 is 2.67 bits per heavy atom. The second-order valence-electron chi connectivity index (χ2n) is 6.89. The topological polar surface area (TPSA) is 43.3 Å². The van der Waals surface area contributed by atoms with Crippen LogP contribution in [-0.2, 0) is 0 Å². The molecule has 2 bridgehead atoms. The molecule has 6 nitrogen and oxygen atoms in total. The van der Waals surface area contributed by atoms with Gasteiger partial charge in [-0.2, -0.15) is 0 Å². The van der Waals surface area contributed by atoms with E-state index in [0.29, 0.717) is 24.9 Å². The molecule has 1 atom stereocenters. The molecule has 0 saturated carbocycles. The molecular formula is C19H31FIN5O. The summed E-state index contributed by atoms with van der Waals surface area (Å²) in [6, 6.07) is 7.00. The first-order valence-electron chi connectivity index (χ1n) is 9.50. The molecule has 0 aromatic heterocycles. The predicted molar refractivity (Wildman–Crippen MR) is 118 cm³/mol. The number of piperazine rings is 3. The van der Waals surface area contributed by atoms with Gasteiger partial charge in [0.05, 0.1) is 13.1 Å². The Morgan fingerprint density at radius 1 is 1.30 bits per heavy atom. The lowest BCUT2D eigenvalue weighted by molar-refractivity contribution is 0.0173. The van der Waals surface area contributed by atoms with Crippen LogP contribution in [0.3, 0.4) is 0 Å². The van der Waals surface area contributed by atoms with Crippen molar-refractivity contribution in [1.29, 1.82) is 0 Å². The number of aliphatic imine (C=N–C) groups is 1. The van der Waals surface area contributed by atoms with Crippen LogP contribution in [0.15, 0.2) is 29.3 Å². The Balaban J connectivity index is 0.00000261. The number of hydrogen-bond donors (Lipinski definition) is 1. The zero-order chi connectivity index (χ0) is 18.4. The van der Waals surface area contributed by atoms with Gasteiger partial charge in [0.2, 0.25) is 0 Å². The number of hydrogen-bond acceptors (Lipinski definition) is 4. The van der Waals surface area contributed by atoms with Crippen molar-refractivity contribution < 1.29 is 9.13 Å². The third-order valence-electron chi connectivity index (χ3n) is 5.06. The molecule has 3 heterocycles. The van der Waals surface area contributed by atoms with Crippen LogP contribution in [0.5, 0.6) is 5.75 Å². The largest absolute Gasteiger partial charge is 0.489 e. The van der Waals surface area contributed by atoms with Gasteiger partial charge >= 0.3 is 0 Å². The van der Waals surface area contributed by atoms with Gasteiger partial charge in [-0.15, -0.1) is 24.0 Å². The van der Waals surface area contributed by atoms with E-state index < -0.39 is 0 Å². The van der Waals surface area contributed by atoms with E-state index in [2.05, 4.69) is 22.0 Å². The summed E-state index contributed by atoms with van der Waals surface area (Å²) >= 11 is 0. The molecule has 0 aliphatic carbocycles. The van der Waals surface area contributed by atoms with Gasteiger partial charge in [-0.1, -0.05) is 12.1 Å². The smallest absolute Gasteiger partial charge is 0.193 e. The summed E-state index contributed by atoms with van der Waals surface area (Å²) < 4.78 is 19.2. The molecular weight excluding hydrogens is 460 g/mol. The van der Waals surface area contributed by atoms with Gasteiger partial charge in [-0.05, 0) is 19.1 Å². The molecule has 27 heavy (non-hydrogen) atoms. The van der Waals surface area contributed by atoms with E-state index in [9.17, 15) is 4.39 Å². The lowest BCUT2D eigenvalue weighted by atomic mass is 10.1. The maximum Gasteiger partial charge on any atom is 0.193 e. The lowest BCUT2D eigenvalue weighted by Gasteiger charge is -2.47. The molecule has 0 amide bonds. The lowest BCUT2D eigenvalue weighted by Crippen LogP contribution is -2.62. The van der Waals surface area contributed by atoms with E-state index in [-0.39, 0.29) is 29.8 Å². The van der Waals surface area contributed by atoms with E-state index >= 15 is 0 Å². The number of nitrogens with one attached hydrogen (secondary N) is 1. The maximum absolute atomic E-state index is 13.6. The number of para-hydroxylation sites is 1. The summed E-state index contributed by atoms with van der Waals surface area (Å²) in [4.78, 5) is 12.0. The summed E-state index contributed by atoms with van der Waals surface area (Å²) in [5.41, 5.74) is 0. The highest BCUT2D eigenvalue weighted by Crippen LogP contribution is 2.16. The van der Waals surface area contributed by atoms with Gasteiger partial charge in [0, 0.05) is 52.4 Å². The second kappa shape index (κ2) is 11.0. The van der Waals surface area contributed by atoms with Crippen LogP contribution < -0.4 is 10.1 Å². The van der Waals surface area contributed by atoms with Crippen LogP contribution in [-0.4, -0.2) is 92.7 Å². The zero-order valence-electron chi connectivity index (χ0n) is 16.2. The van der Waals surface area contributed by atoms with Crippen LogP contribution >= 0.6 is 24.0 Å². The number of benzene rings is 1. The van der Waals surface area contributed by atoms with Gasteiger partial charge in [-0.25, -0.2) is 4.39 Å². The van der Waals surface area contributed by atoms with Gasteiger partial charge in [0.25, 0.3) is 0 Å². The SMILES string of the molecule is CCNC(=NCC1CN2CCN1CC2)N(C)CCOc1ccccc1F.I. The monoisotopic (exact) mass is 491 g/mol. The van der Waals surface area contributed by atoms with Crippen molar-refractivity contribution in [2.45, 2.75) is 13.0 Å². The number of guanidine groups is 1. The molecule has 3 aliphatic rings. The highest BCUT2D eigenvalue weighted by Gasteiger charge is 2.31. The minimum absolute atomic E-state index is 0. The molecule has 4 rings (SSSR count). The molecule has 1 N–H and O–H groups in total. The highest BCUT2D eigenvalue weighted by molar-refractivity contribution is 14.0. The molecule has 1 aromatic carbocycles. The van der Waals surface area contributed by atoms with Gasteiger partial charge < -0.3 is 15.0 Å². The molecule has 3 saturated heterocycles. The first kappa shape index (κ1) is 22.2. The standard InChI is InChI=1S/C19H30FN5O.HI/c1-3-21-19(22-14-16-15-24-8-10-25(16)11-9-24)23(2)12-13-26-18-7-5-4-6-17(18)20;/h4-7,16H,3,8-15H2,1-2H3,(H,21,22);1H. The predicted octanol–water partition coefficient (Wildman–Crippen LogP) is 1.72. The number of halogens is 2. The van der Waals surface area contributed by atoms with Crippen molar-refractivity contribution in [3.8, 4) is 5.75 Å². The molecule has 3 aliphatic heterocycles. The maximum atomic E-state index is 13.6. The van der Waals surface area contributed by atoms with Gasteiger partial charge in [0.1, 0.15) is 6.61 Å². The fourth-order valence-electron chi connectivity index (χ4n) is 3.52. The molecule has 8 heteroatoms. The minimum atomic E-state index is -0.327. The summed E-state index contributed by atoms with van der Waals surface area (Å²) in [5, 5.41) is 3.34. The quantitative estimate of drug-likeness (QED) is 0.358. The third kappa shape index (κ3) is 6.18. The molecule has 0 radical (unpaired) electrons. The number of ether oxygens (including phenoxy) is 1. The van der Waals surface area contributed by atoms with E-state index in [4.69, 9.17) is 9.73 Å². The Labute approximate surface area is 178 Å². The van der Waals surface area contributed by atoms with E-state index in [1.807, 2.05) is 11.9 Å². The first-order chi connectivity index (χ1) is 12.7. The molecule has 3 fully saturated rings.